The predicted octanol–water partition coefficient (Wildman–Crippen LogP) is 19.0. The van der Waals surface area contributed by atoms with Crippen molar-refractivity contribution in [2.24, 2.45) is 0 Å². The number of aliphatic hydroxyl groups is 2. The lowest BCUT2D eigenvalue weighted by molar-refractivity contribution is -0.143. The maximum absolute atomic E-state index is 12.5. The van der Waals surface area contributed by atoms with Gasteiger partial charge in [-0.05, 0) is 89.9 Å². The van der Waals surface area contributed by atoms with Crippen LogP contribution in [-0.4, -0.2) is 47.4 Å². The van der Waals surface area contributed by atoms with Gasteiger partial charge in [0.15, 0.2) is 0 Å². The van der Waals surface area contributed by atoms with Crippen LogP contribution in [0.3, 0.4) is 0 Å². The minimum atomic E-state index is -0.869. The fourth-order valence-electron chi connectivity index (χ4n) is 9.13. The smallest absolute Gasteiger partial charge is 0.305 e. The number of ether oxygens (including phenoxy) is 1. The molecule has 0 spiro atoms. The monoisotopic (exact) mass is 968 g/mol. The van der Waals surface area contributed by atoms with Crippen molar-refractivity contribution < 1.29 is 24.5 Å². The van der Waals surface area contributed by atoms with Gasteiger partial charge in [-0.2, -0.15) is 0 Å². The number of unbranched alkanes of at least 4 members (excludes halogenated alkanes) is 39. The Morgan fingerprint density at radius 2 is 0.725 bits per heavy atom. The van der Waals surface area contributed by atoms with Gasteiger partial charge in [-0.15, -0.1) is 0 Å². The van der Waals surface area contributed by atoms with Gasteiger partial charge >= 0.3 is 5.97 Å². The first-order valence-corrected chi connectivity index (χ1v) is 30.4. The third-order valence-corrected chi connectivity index (χ3v) is 13.8. The van der Waals surface area contributed by atoms with Crippen LogP contribution in [0.25, 0.3) is 0 Å². The minimum absolute atomic E-state index is 0.0459. The molecule has 3 N–H and O–H groups in total. The SMILES string of the molecule is CCCCC/C=C\C/C=C\CCCCCCCCCC(=O)OCCCC/C=C\CCCCCCC(=O)NC(CO)C(O)/C=C/CCCCCCCCCCCCCCCCCCCCCCCCC. The molecule has 0 fully saturated rings. The van der Waals surface area contributed by atoms with Gasteiger partial charge in [0.05, 0.1) is 25.4 Å². The molecule has 0 aromatic rings. The van der Waals surface area contributed by atoms with Crippen molar-refractivity contribution in [3.8, 4) is 0 Å². The van der Waals surface area contributed by atoms with Crippen LogP contribution in [0.4, 0.5) is 0 Å². The summed E-state index contributed by atoms with van der Waals surface area (Å²) in [5.74, 6) is -0.148. The van der Waals surface area contributed by atoms with Crippen molar-refractivity contribution in [1.29, 1.82) is 0 Å². The van der Waals surface area contributed by atoms with Crippen molar-refractivity contribution in [2.75, 3.05) is 13.2 Å². The van der Waals surface area contributed by atoms with Crippen LogP contribution in [0.15, 0.2) is 48.6 Å². The van der Waals surface area contributed by atoms with Crippen LogP contribution < -0.4 is 5.32 Å². The first-order valence-electron chi connectivity index (χ1n) is 30.4. The summed E-state index contributed by atoms with van der Waals surface area (Å²) in [6.07, 6.45) is 74.3. The van der Waals surface area contributed by atoms with Crippen molar-refractivity contribution in [3.63, 3.8) is 0 Å². The topological polar surface area (TPSA) is 95.9 Å². The van der Waals surface area contributed by atoms with E-state index in [2.05, 4.69) is 55.6 Å². The van der Waals surface area contributed by atoms with E-state index in [1.165, 1.54) is 205 Å². The molecular formula is C63H117NO5. The van der Waals surface area contributed by atoms with E-state index < -0.39 is 12.1 Å². The quantitative estimate of drug-likeness (QED) is 0.0321. The molecule has 0 saturated carbocycles. The highest BCUT2D eigenvalue weighted by Crippen LogP contribution is 2.17. The summed E-state index contributed by atoms with van der Waals surface area (Å²) in [5, 5.41) is 23.2. The summed E-state index contributed by atoms with van der Waals surface area (Å²) >= 11 is 0. The molecule has 0 aromatic heterocycles. The third-order valence-electron chi connectivity index (χ3n) is 13.8. The number of carbonyl (C=O) groups is 2. The largest absolute Gasteiger partial charge is 0.466 e. The Bertz CT molecular complexity index is 1160. The number of amides is 1. The molecule has 0 aliphatic heterocycles. The Morgan fingerprint density at radius 3 is 1.14 bits per heavy atom. The van der Waals surface area contributed by atoms with Gasteiger partial charge in [0.25, 0.3) is 0 Å². The van der Waals surface area contributed by atoms with E-state index in [9.17, 15) is 19.8 Å². The molecule has 404 valence electrons. The molecule has 0 bridgehead atoms. The molecule has 6 heteroatoms. The van der Waals surface area contributed by atoms with Crippen molar-refractivity contribution in [1.82, 2.24) is 5.32 Å². The second-order valence-electron chi connectivity index (χ2n) is 20.7. The van der Waals surface area contributed by atoms with Crippen molar-refractivity contribution in [2.45, 2.75) is 328 Å². The van der Waals surface area contributed by atoms with E-state index in [-0.39, 0.29) is 18.5 Å². The van der Waals surface area contributed by atoms with E-state index in [1.807, 2.05) is 6.08 Å². The van der Waals surface area contributed by atoms with Gasteiger partial charge in [-0.25, -0.2) is 0 Å². The molecule has 0 radical (unpaired) electrons. The molecule has 6 nitrogen and oxygen atoms in total. The van der Waals surface area contributed by atoms with Crippen LogP contribution in [0.5, 0.6) is 0 Å². The van der Waals surface area contributed by atoms with Crippen LogP contribution in [0.2, 0.25) is 0 Å². The number of rotatable bonds is 56. The van der Waals surface area contributed by atoms with E-state index in [0.29, 0.717) is 19.4 Å². The Morgan fingerprint density at radius 1 is 0.406 bits per heavy atom. The number of hydrogen-bond acceptors (Lipinski definition) is 5. The van der Waals surface area contributed by atoms with Gasteiger partial charge in [-0.3, -0.25) is 9.59 Å². The van der Waals surface area contributed by atoms with E-state index >= 15 is 0 Å². The molecule has 2 unspecified atom stereocenters. The van der Waals surface area contributed by atoms with Crippen molar-refractivity contribution >= 4 is 11.9 Å². The maximum atomic E-state index is 12.5. The lowest BCUT2D eigenvalue weighted by atomic mass is 10.0. The van der Waals surface area contributed by atoms with Gasteiger partial charge in [0.1, 0.15) is 0 Å². The standard InChI is InChI=1S/C63H117NO5/c1-3-5-7-9-11-13-15-17-19-21-22-23-24-25-26-27-28-30-31-33-35-39-43-47-51-55-61(66)60(59-65)64-62(67)56-52-48-44-40-37-38-42-46-50-54-58-69-63(68)57-53-49-45-41-36-34-32-29-20-18-16-14-12-10-8-6-4-2/h12,14,18,20,38,42,51,55,60-61,65-66H,3-11,13,15-17,19,21-37,39-41,43-50,52-54,56-59H2,1-2H3,(H,64,67)/b14-12-,20-18-,42-38-,55-51+. The Balaban J connectivity index is 3.54. The number of carbonyl (C=O) groups excluding carboxylic acids is 2. The average Bonchev–Trinajstić information content (AvgIpc) is 3.35. The van der Waals surface area contributed by atoms with E-state index in [0.717, 1.165) is 83.5 Å². The normalized spacial score (nSPS) is 12.9. The molecule has 0 heterocycles. The van der Waals surface area contributed by atoms with E-state index in [1.54, 1.807) is 6.08 Å². The summed E-state index contributed by atoms with van der Waals surface area (Å²) in [6, 6.07) is -0.656. The number of hydrogen-bond donors (Lipinski definition) is 3. The molecule has 1 amide bonds. The maximum Gasteiger partial charge on any atom is 0.305 e. The first kappa shape index (κ1) is 66.8. The molecule has 69 heavy (non-hydrogen) atoms. The highest BCUT2D eigenvalue weighted by Gasteiger charge is 2.18. The lowest BCUT2D eigenvalue weighted by Gasteiger charge is -2.20. The summed E-state index contributed by atoms with van der Waals surface area (Å²) in [6.45, 7) is 4.80. The van der Waals surface area contributed by atoms with Gasteiger partial charge in [-0.1, -0.05) is 262 Å². The number of allylic oxidation sites excluding steroid dienone is 7. The van der Waals surface area contributed by atoms with Crippen molar-refractivity contribution in [3.05, 3.63) is 48.6 Å². The number of esters is 1. The summed E-state index contributed by atoms with van der Waals surface area (Å²) in [7, 11) is 0. The van der Waals surface area contributed by atoms with Gasteiger partial charge in [0.2, 0.25) is 5.91 Å². The second-order valence-corrected chi connectivity index (χ2v) is 20.7. The Labute approximate surface area is 429 Å². The zero-order valence-corrected chi connectivity index (χ0v) is 46.0. The Hall–Kier alpha value is -2.18. The average molecular weight is 969 g/mol. The summed E-state index contributed by atoms with van der Waals surface area (Å²) in [4.78, 5) is 24.6. The van der Waals surface area contributed by atoms with E-state index in [4.69, 9.17) is 4.74 Å². The highest BCUT2D eigenvalue weighted by atomic mass is 16.5. The molecular weight excluding hydrogens is 851 g/mol. The van der Waals surface area contributed by atoms with Gasteiger partial charge in [0, 0.05) is 12.8 Å². The van der Waals surface area contributed by atoms with Crippen LogP contribution in [0, 0.1) is 0 Å². The molecule has 0 rings (SSSR count). The van der Waals surface area contributed by atoms with Gasteiger partial charge < -0.3 is 20.3 Å². The second kappa shape index (κ2) is 58.4. The molecule has 0 aromatic carbocycles. The zero-order valence-electron chi connectivity index (χ0n) is 46.0. The third kappa shape index (κ3) is 55.0. The molecule has 0 aliphatic rings. The fraction of sp³-hybridized carbons (Fsp3) is 0.841. The molecule has 0 aliphatic carbocycles. The van der Waals surface area contributed by atoms with Crippen LogP contribution >= 0.6 is 0 Å². The zero-order chi connectivity index (χ0) is 50.0. The predicted molar refractivity (Wildman–Crippen MR) is 301 cm³/mol. The number of aliphatic hydroxyl groups excluding tert-OH is 2. The lowest BCUT2D eigenvalue weighted by Crippen LogP contribution is -2.45. The number of nitrogens with one attached hydrogen (secondary N) is 1. The Kier molecular flexibility index (Phi) is 56.5. The first-order chi connectivity index (χ1) is 34.0. The van der Waals surface area contributed by atoms with Crippen LogP contribution in [-0.2, 0) is 14.3 Å². The molecule has 0 saturated heterocycles. The fourth-order valence-corrected chi connectivity index (χ4v) is 9.13. The summed E-state index contributed by atoms with van der Waals surface area (Å²) < 4.78 is 5.44. The summed E-state index contributed by atoms with van der Waals surface area (Å²) in [5.41, 5.74) is 0. The van der Waals surface area contributed by atoms with Crippen LogP contribution in [0.1, 0.15) is 316 Å². The minimum Gasteiger partial charge on any atom is -0.466 e. The molecule has 2 atom stereocenters. The highest BCUT2D eigenvalue weighted by molar-refractivity contribution is 5.76.